The molecule has 1 spiro atoms. The SMILES string of the molecule is Cc1cccc(F)c1C(=O)N1CCC2(CC1)CN(c1ccccc1)c1ccccc12. The molecule has 0 saturated carbocycles. The maximum absolute atomic E-state index is 14.3. The van der Waals surface area contributed by atoms with Gasteiger partial charge in [0.2, 0.25) is 0 Å². The molecule has 2 heterocycles. The standard InChI is InChI=1S/C26H25FN2O/c1-19-8-7-12-22(27)24(19)25(30)28-16-14-26(15-17-28)18-29(20-9-3-2-4-10-20)23-13-6-5-11-21(23)26/h2-13H,14-18H2,1H3. The van der Waals surface area contributed by atoms with Gasteiger partial charge in [0.15, 0.2) is 0 Å². The van der Waals surface area contributed by atoms with E-state index in [4.69, 9.17) is 0 Å². The van der Waals surface area contributed by atoms with Crippen LogP contribution < -0.4 is 4.90 Å². The van der Waals surface area contributed by atoms with Gasteiger partial charge >= 0.3 is 0 Å². The molecule has 0 N–H and O–H groups in total. The molecule has 1 amide bonds. The molecule has 3 aromatic rings. The number of nitrogens with zero attached hydrogens (tertiary/aromatic N) is 2. The Balaban J connectivity index is 1.41. The summed E-state index contributed by atoms with van der Waals surface area (Å²) in [5.41, 5.74) is 4.75. The lowest BCUT2D eigenvalue weighted by Crippen LogP contribution is -2.47. The van der Waals surface area contributed by atoms with Crippen LogP contribution in [0.3, 0.4) is 0 Å². The average molecular weight is 400 g/mol. The number of amides is 1. The largest absolute Gasteiger partial charge is 0.340 e. The van der Waals surface area contributed by atoms with Crippen molar-refractivity contribution in [1.29, 1.82) is 0 Å². The maximum atomic E-state index is 14.3. The summed E-state index contributed by atoms with van der Waals surface area (Å²) < 4.78 is 14.3. The molecular weight excluding hydrogens is 375 g/mol. The normalized spacial score (nSPS) is 17.3. The fourth-order valence-electron chi connectivity index (χ4n) is 5.09. The summed E-state index contributed by atoms with van der Waals surface area (Å²) >= 11 is 0. The Morgan fingerprint density at radius 1 is 0.900 bits per heavy atom. The number of aryl methyl sites for hydroxylation is 1. The predicted molar refractivity (Wildman–Crippen MR) is 118 cm³/mol. The Morgan fingerprint density at radius 3 is 2.33 bits per heavy atom. The highest BCUT2D eigenvalue weighted by Gasteiger charge is 2.45. The van der Waals surface area contributed by atoms with E-state index >= 15 is 0 Å². The molecule has 2 aliphatic rings. The zero-order valence-corrected chi connectivity index (χ0v) is 17.1. The number of rotatable bonds is 2. The van der Waals surface area contributed by atoms with Crippen molar-refractivity contribution in [2.24, 2.45) is 0 Å². The highest BCUT2D eigenvalue weighted by molar-refractivity contribution is 5.96. The van der Waals surface area contributed by atoms with Crippen LogP contribution in [0.5, 0.6) is 0 Å². The Kier molecular flexibility index (Phi) is 4.58. The van der Waals surface area contributed by atoms with E-state index in [1.165, 1.54) is 23.0 Å². The van der Waals surface area contributed by atoms with Gasteiger partial charge in [-0.05, 0) is 55.2 Å². The fourth-order valence-corrected chi connectivity index (χ4v) is 5.09. The second-order valence-corrected chi connectivity index (χ2v) is 8.44. The lowest BCUT2D eigenvalue weighted by molar-refractivity contribution is 0.0669. The van der Waals surface area contributed by atoms with Crippen molar-refractivity contribution in [3.05, 3.63) is 95.3 Å². The molecule has 5 rings (SSSR count). The summed E-state index contributed by atoms with van der Waals surface area (Å²) in [6.07, 6.45) is 1.76. The van der Waals surface area contributed by atoms with Crippen molar-refractivity contribution < 1.29 is 9.18 Å². The number of para-hydroxylation sites is 2. The molecule has 30 heavy (non-hydrogen) atoms. The van der Waals surface area contributed by atoms with Crippen molar-refractivity contribution in [3.63, 3.8) is 0 Å². The molecule has 0 atom stereocenters. The number of likely N-dealkylation sites (tertiary alicyclic amines) is 1. The summed E-state index contributed by atoms with van der Waals surface area (Å²) in [7, 11) is 0. The number of carbonyl (C=O) groups is 1. The number of anilines is 2. The van der Waals surface area contributed by atoms with E-state index < -0.39 is 5.82 Å². The van der Waals surface area contributed by atoms with Gasteiger partial charge in [-0.2, -0.15) is 0 Å². The minimum atomic E-state index is -0.429. The van der Waals surface area contributed by atoms with Crippen LogP contribution in [0.1, 0.15) is 34.3 Å². The molecule has 0 bridgehead atoms. The topological polar surface area (TPSA) is 23.6 Å². The molecule has 3 nitrogen and oxygen atoms in total. The lowest BCUT2D eigenvalue weighted by atomic mass is 9.74. The summed E-state index contributed by atoms with van der Waals surface area (Å²) in [6.45, 7) is 4.00. The number of halogens is 1. The first kappa shape index (κ1) is 18.9. The number of fused-ring (bicyclic) bond motifs is 2. The Bertz CT molecular complexity index is 1070. The highest BCUT2D eigenvalue weighted by Crippen LogP contribution is 2.49. The minimum absolute atomic E-state index is 0.0213. The van der Waals surface area contributed by atoms with Gasteiger partial charge in [-0.1, -0.05) is 48.5 Å². The Hall–Kier alpha value is -3.14. The van der Waals surface area contributed by atoms with Gasteiger partial charge < -0.3 is 9.80 Å². The van der Waals surface area contributed by atoms with Crippen LogP contribution in [0.2, 0.25) is 0 Å². The maximum Gasteiger partial charge on any atom is 0.257 e. The third-order valence-electron chi connectivity index (χ3n) is 6.74. The molecule has 3 aromatic carbocycles. The van der Waals surface area contributed by atoms with Crippen LogP contribution in [0.4, 0.5) is 15.8 Å². The van der Waals surface area contributed by atoms with E-state index in [-0.39, 0.29) is 16.9 Å². The van der Waals surface area contributed by atoms with Crippen molar-refractivity contribution in [2.75, 3.05) is 24.5 Å². The molecule has 0 radical (unpaired) electrons. The van der Waals surface area contributed by atoms with E-state index in [0.29, 0.717) is 18.7 Å². The summed E-state index contributed by atoms with van der Waals surface area (Å²) in [4.78, 5) is 17.3. The second kappa shape index (κ2) is 7.28. The van der Waals surface area contributed by atoms with Gasteiger partial charge in [-0.3, -0.25) is 4.79 Å². The monoisotopic (exact) mass is 400 g/mol. The van der Waals surface area contributed by atoms with Crippen LogP contribution in [0.15, 0.2) is 72.8 Å². The zero-order valence-electron chi connectivity index (χ0n) is 17.1. The van der Waals surface area contributed by atoms with E-state index in [0.717, 1.165) is 19.4 Å². The van der Waals surface area contributed by atoms with Crippen molar-refractivity contribution in [1.82, 2.24) is 4.90 Å². The zero-order chi connectivity index (χ0) is 20.7. The second-order valence-electron chi connectivity index (χ2n) is 8.44. The van der Waals surface area contributed by atoms with Gasteiger partial charge in [0.25, 0.3) is 5.91 Å². The number of hydrogen-bond acceptors (Lipinski definition) is 2. The lowest BCUT2D eigenvalue weighted by Gasteiger charge is -2.40. The third kappa shape index (κ3) is 2.98. The average Bonchev–Trinajstić information content (AvgIpc) is 3.09. The molecule has 152 valence electrons. The van der Waals surface area contributed by atoms with E-state index in [1.807, 2.05) is 11.0 Å². The summed E-state index contributed by atoms with van der Waals surface area (Å²) in [5.74, 6) is -0.617. The van der Waals surface area contributed by atoms with Crippen LogP contribution >= 0.6 is 0 Å². The molecule has 0 aliphatic carbocycles. The molecule has 2 aliphatic heterocycles. The van der Waals surface area contributed by atoms with Crippen LogP contribution in [-0.4, -0.2) is 30.4 Å². The van der Waals surface area contributed by atoms with Crippen molar-refractivity contribution >= 4 is 17.3 Å². The molecule has 0 aromatic heterocycles. The number of hydrogen-bond donors (Lipinski definition) is 0. The fraction of sp³-hybridized carbons (Fsp3) is 0.269. The van der Waals surface area contributed by atoms with Crippen molar-refractivity contribution in [3.8, 4) is 0 Å². The highest BCUT2D eigenvalue weighted by atomic mass is 19.1. The van der Waals surface area contributed by atoms with Crippen LogP contribution in [0.25, 0.3) is 0 Å². The van der Waals surface area contributed by atoms with E-state index in [1.54, 1.807) is 19.1 Å². The van der Waals surface area contributed by atoms with E-state index in [9.17, 15) is 9.18 Å². The first-order valence-corrected chi connectivity index (χ1v) is 10.6. The van der Waals surface area contributed by atoms with Crippen LogP contribution in [-0.2, 0) is 5.41 Å². The molecule has 1 saturated heterocycles. The summed E-state index contributed by atoms with van der Waals surface area (Å²) in [6, 6.07) is 23.9. The van der Waals surface area contributed by atoms with Gasteiger partial charge in [-0.25, -0.2) is 4.39 Å². The number of carbonyl (C=O) groups excluding carboxylic acids is 1. The smallest absolute Gasteiger partial charge is 0.257 e. The third-order valence-corrected chi connectivity index (χ3v) is 6.74. The van der Waals surface area contributed by atoms with Crippen molar-refractivity contribution in [2.45, 2.75) is 25.2 Å². The van der Waals surface area contributed by atoms with E-state index in [2.05, 4.69) is 53.4 Å². The van der Waals surface area contributed by atoms with Gasteiger partial charge in [0.05, 0.1) is 5.56 Å². The first-order chi connectivity index (χ1) is 14.6. The van der Waals surface area contributed by atoms with Crippen LogP contribution in [0, 0.1) is 12.7 Å². The quantitative estimate of drug-likeness (QED) is 0.570. The minimum Gasteiger partial charge on any atom is -0.340 e. The molecule has 0 unspecified atom stereocenters. The first-order valence-electron chi connectivity index (χ1n) is 10.6. The number of benzene rings is 3. The molecule has 4 heteroatoms. The summed E-state index contributed by atoms with van der Waals surface area (Å²) in [5, 5.41) is 0. The van der Waals surface area contributed by atoms with Gasteiger partial charge in [0.1, 0.15) is 5.82 Å². The van der Waals surface area contributed by atoms with Gasteiger partial charge in [-0.15, -0.1) is 0 Å². The Morgan fingerprint density at radius 2 is 1.60 bits per heavy atom. The van der Waals surface area contributed by atoms with Gasteiger partial charge in [0, 0.05) is 36.4 Å². The number of piperidine rings is 1. The Labute approximate surface area is 176 Å². The predicted octanol–water partition coefficient (Wildman–Crippen LogP) is 5.46. The molecule has 1 fully saturated rings. The molecular formula is C26H25FN2O.